The third kappa shape index (κ3) is 1.94. The van der Waals surface area contributed by atoms with Gasteiger partial charge in [-0.15, -0.1) is 0 Å². The zero-order valence-corrected chi connectivity index (χ0v) is 7.88. The van der Waals surface area contributed by atoms with Crippen LogP contribution < -0.4 is 5.73 Å². The highest BCUT2D eigenvalue weighted by Gasteiger charge is 2.31. The molecular formula is C9H20N2. The lowest BCUT2D eigenvalue weighted by Crippen LogP contribution is -2.50. The molecule has 1 aliphatic heterocycles. The molecule has 11 heavy (non-hydrogen) atoms. The van der Waals surface area contributed by atoms with Gasteiger partial charge in [0.1, 0.15) is 0 Å². The largest absolute Gasteiger partial charge is 0.330 e. The molecule has 1 unspecified atom stereocenters. The van der Waals surface area contributed by atoms with Crippen LogP contribution in [0.25, 0.3) is 0 Å². The number of nitrogens with two attached hydrogens (primary N) is 1. The Hall–Kier alpha value is -0.0800. The molecule has 0 spiro atoms. The van der Waals surface area contributed by atoms with Crippen molar-refractivity contribution in [3.05, 3.63) is 0 Å². The van der Waals surface area contributed by atoms with Crippen LogP contribution >= 0.6 is 0 Å². The summed E-state index contributed by atoms with van der Waals surface area (Å²) in [7, 11) is 2.17. The Morgan fingerprint density at radius 1 is 1.45 bits per heavy atom. The van der Waals surface area contributed by atoms with Crippen molar-refractivity contribution in [2.75, 3.05) is 26.7 Å². The summed E-state index contributed by atoms with van der Waals surface area (Å²) in [5.74, 6) is 2.36. The molecule has 0 amide bonds. The second kappa shape index (κ2) is 3.55. The minimum Gasteiger partial charge on any atom is -0.330 e. The van der Waals surface area contributed by atoms with E-state index in [1.165, 1.54) is 13.1 Å². The van der Waals surface area contributed by atoms with E-state index < -0.39 is 0 Å². The van der Waals surface area contributed by atoms with Crippen LogP contribution in [0, 0.1) is 17.8 Å². The predicted octanol–water partition coefficient (Wildman–Crippen LogP) is 0.779. The molecular weight excluding hydrogens is 136 g/mol. The maximum absolute atomic E-state index is 5.71. The van der Waals surface area contributed by atoms with Crippen molar-refractivity contribution in [3.8, 4) is 0 Å². The van der Waals surface area contributed by atoms with E-state index in [2.05, 4.69) is 25.8 Å². The van der Waals surface area contributed by atoms with Crippen molar-refractivity contribution < 1.29 is 0 Å². The number of hydrogen-bond acceptors (Lipinski definition) is 2. The van der Waals surface area contributed by atoms with Crippen molar-refractivity contribution >= 4 is 0 Å². The molecule has 1 atom stereocenters. The summed E-state index contributed by atoms with van der Waals surface area (Å²) >= 11 is 0. The average Bonchev–Trinajstić information content (AvgIpc) is 1.85. The fraction of sp³-hybridized carbons (Fsp3) is 1.00. The second-order valence-electron chi connectivity index (χ2n) is 4.12. The first-order valence-corrected chi connectivity index (χ1v) is 4.53. The van der Waals surface area contributed by atoms with Gasteiger partial charge in [0.25, 0.3) is 0 Å². The maximum atomic E-state index is 5.71. The van der Waals surface area contributed by atoms with Gasteiger partial charge in [-0.3, -0.25) is 0 Å². The third-order valence-corrected chi connectivity index (χ3v) is 2.83. The van der Waals surface area contributed by atoms with Crippen molar-refractivity contribution in [2.24, 2.45) is 23.5 Å². The second-order valence-corrected chi connectivity index (χ2v) is 4.12. The van der Waals surface area contributed by atoms with E-state index in [0.717, 1.165) is 24.3 Å². The van der Waals surface area contributed by atoms with Crippen LogP contribution in [-0.4, -0.2) is 31.6 Å². The minimum atomic E-state index is 0.742. The summed E-state index contributed by atoms with van der Waals surface area (Å²) in [5, 5.41) is 0. The summed E-state index contributed by atoms with van der Waals surface area (Å²) in [6, 6.07) is 0. The SMILES string of the molecule is CC(C)C(CN)C1CN(C)C1. The fourth-order valence-electron chi connectivity index (χ4n) is 2.03. The quantitative estimate of drug-likeness (QED) is 0.654. The lowest BCUT2D eigenvalue weighted by atomic mass is 9.79. The first-order valence-electron chi connectivity index (χ1n) is 4.53. The summed E-state index contributed by atoms with van der Waals surface area (Å²) in [5.41, 5.74) is 5.71. The molecule has 0 aromatic rings. The van der Waals surface area contributed by atoms with E-state index in [-0.39, 0.29) is 0 Å². The number of nitrogens with zero attached hydrogens (tertiary/aromatic N) is 1. The van der Waals surface area contributed by atoms with Crippen LogP contribution in [0.15, 0.2) is 0 Å². The van der Waals surface area contributed by atoms with Gasteiger partial charge in [0.2, 0.25) is 0 Å². The summed E-state index contributed by atoms with van der Waals surface area (Å²) in [4.78, 5) is 2.36. The molecule has 1 fully saturated rings. The van der Waals surface area contributed by atoms with Crippen molar-refractivity contribution in [1.82, 2.24) is 4.90 Å². The number of hydrogen-bond donors (Lipinski definition) is 1. The maximum Gasteiger partial charge on any atom is 0.00222 e. The Morgan fingerprint density at radius 3 is 2.27 bits per heavy atom. The van der Waals surface area contributed by atoms with Crippen molar-refractivity contribution in [1.29, 1.82) is 0 Å². The molecule has 1 heterocycles. The molecule has 0 aliphatic carbocycles. The van der Waals surface area contributed by atoms with E-state index in [4.69, 9.17) is 5.73 Å². The summed E-state index contributed by atoms with van der Waals surface area (Å²) in [6.07, 6.45) is 0. The fourth-order valence-corrected chi connectivity index (χ4v) is 2.03. The van der Waals surface area contributed by atoms with E-state index in [1.54, 1.807) is 0 Å². The average molecular weight is 156 g/mol. The molecule has 2 nitrogen and oxygen atoms in total. The van der Waals surface area contributed by atoms with Crippen LogP contribution in [0.5, 0.6) is 0 Å². The Morgan fingerprint density at radius 2 is 2.00 bits per heavy atom. The normalized spacial score (nSPS) is 23.7. The molecule has 2 heteroatoms. The van der Waals surface area contributed by atoms with Gasteiger partial charge in [-0.2, -0.15) is 0 Å². The van der Waals surface area contributed by atoms with Crippen LogP contribution in [0.2, 0.25) is 0 Å². The molecule has 0 bridgehead atoms. The summed E-state index contributed by atoms with van der Waals surface area (Å²) in [6.45, 7) is 7.90. The van der Waals surface area contributed by atoms with Gasteiger partial charge >= 0.3 is 0 Å². The molecule has 1 rings (SSSR count). The first-order chi connectivity index (χ1) is 5.15. The van der Waals surface area contributed by atoms with Crippen LogP contribution in [0.3, 0.4) is 0 Å². The molecule has 66 valence electrons. The van der Waals surface area contributed by atoms with Gasteiger partial charge < -0.3 is 10.6 Å². The Bertz CT molecular complexity index is 117. The standard InChI is InChI=1S/C9H20N2/c1-7(2)9(4-10)8-5-11(3)6-8/h7-9H,4-6,10H2,1-3H3. The first kappa shape index (κ1) is 9.01. The third-order valence-electron chi connectivity index (χ3n) is 2.83. The molecule has 0 saturated carbocycles. The molecule has 0 radical (unpaired) electrons. The zero-order chi connectivity index (χ0) is 8.43. The van der Waals surface area contributed by atoms with E-state index >= 15 is 0 Å². The van der Waals surface area contributed by atoms with Crippen molar-refractivity contribution in [2.45, 2.75) is 13.8 Å². The van der Waals surface area contributed by atoms with Crippen molar-refractivity contribution in [3.63, 3.8) is 0 Å². The van der Waals surface area contributed by atoms with Gasteiger partial charge in [-0.05, 0) is 31.3 Å². The predicted molar refractivity (Wildman–Crippen MR) is 48.4 cm³/mol. The zero-order valence-electron chi connectivity index (χ0n) is 7.88. The molecule has 0 aromatic heterocycles. The van der Waals surface area contributed by atoms with E-state index in [1.807, 2.05) is 0 Å². The molecule has 2 N–H and O–H groups in total. The summed E-state index contributed by atoms with van der Waals surface area (Å²) < 4.78 is 0. The Labute approximate surface area is 69.8 Å². The monoisotopic (exact) mass is 156 g/mol. The van der Waals surface area contributed by atoms with Gasteiger partial charge in [-0.25, -0.2) is 0 Å². The smallest absolute Gasteiger partial charge is 0.00222 e. The highest BCUT2D eigenvalue weighted by atomic mass is 15.2. The van der Waals surface area contributed by atoms with Gasteiger partial charge in [0.15, 0.2) is 0 Å². The van der Waals surface area contributed by atoms with Crippen LogP contribution in [0.4, 0.5) is 0 Å². The van der Waals surface area contributed by atoms with Gasteiger partial charge in [0.05, 0.1) is 0 Å². The number of rotatable bonds is 3. The molecule has 1 aliphatic rings. The van der Waals surface area contributed by atoms with E-state index in [9.17, 15) is 0 Å². The Balaban J connectivity index is 2.32. The van der Waals surface area contributed by atoms with Crippen LogP contribution in [0.1, 0.15) is 13.8 Å². The molecule has 0 aromatic carbocycles. The topological polar surface area (TPSA) is 29.3 Å². The van der Waals surface area contributed by atoms with Crippen LogP contribution in [-0.2, 0) is 0 Å². The lowest BCUT2D eigenvalue weighted by Gasteiger charge is -2.42. The minimum absolute atomic E-state index is 0.742. The highest BCUT2D eigenvalue weighted by molar-refractivity contribution is 4.84. The molecule has 1 saturated heterocycles. The lowest BCUT2D eigenvalue weighted by molar-refractivity contribution is 0.0658. The van der Waals surface area contributed by atoms with Gasteiger partial charge in [0, 0.05) is 13.1 Å². The number of likely N-dealkylation sites (tertiary alicyclic amines) is 1. The highest BCUT2D eigenvalue weighted by Crippen LogP contribution is 2.27. The Kier molecular flexibility index (Phi) is 2.90. The van der Waals surface area contributed by atoms with E-state index in [0.29, 0.717) is 0 Å². The van der Waals surface area contributed by atoms with Gasteiger partial charge in [-0.1, -0.05) is 13.8 Å².